The van der Waals surface area contributed by atoms with Crippen LogP contribution < -0.4 is 14.8 Å². The number of anilines is 1. The van der Waals surface area contributed by atoms with Gasteiger partial charge in [-0.2, -0.15) is 0 Å². The third kappa shape index (κ3) is 5.25. The summed E-state index contributed by atoms with van der Waals surface area (Å²) < 4.78 is 10.6. The zero-order valence-corrected chi connectivity index (χ0v) is 16.9. The fraction of sp³-hybridized carbons (Fsp3) is 0.217. The van der Waals surface area contributed by atoms with Crippen LogP contribution in [-0.2, 0) is 13.1 Å². The summed E-state index contributed by atoms with van der Waals surface area (Å²) in [5.74, 6) is 1.27. The molecule has 3 rings (SSSR count). The molecule has 0 aliphatic carbocycles. The third-order valence-corrected chi connectivity index (χ3v) is 4.54. The van der Waals surface area contributed by atoms with E-state index in [4.69, 9.17) is 9.47 Å². The lowest BCUT2D eigenvalue weighted by atomic mass is 10.2. The highest BCUT2D eigenvalue weighted by Crippen LogP contribution is 2.27. The first-order valence-electron chi connectivity index (χ1n) is 9.31. The molecule has 6 heteroatoms. The first-order chi connectivity index (χ1) is 14.1. The molecular formula is C23H25N3O3. The van der Waals surface area contributed by atoms with Crippen molar-refractivity contribution in [3.63, 3.8) is 0 Å². The Hall–Kier alpha value is -3.54. The van der Waals surface area contributed by atoms with E-state index in [1.54, 1.807) is 38.4 Å². The lowest BCUT2D eigenvalue weighted by Crippen LogP contribution is -2.26. The van der Waals surface area contributed by atoms with Crippen LogP contribution in [0.1, 0.15) is 21.6 Å². The largest absolute Gasteiger partial charge is 0.493 e. The maximum atomic E-state index is 12.6. The van der Waals surface area contributed by atoms with E-state index in [9.17, 15) is 4.79 Å². The Morgan fingerprint density at radius 2 is 1.72 bits per heavy atom. The van der Waals surface area contributed by atoms with E-state index in [0.29, 0.717) is 30.3 Å². The van der Waals surface area contributed by atoms with Gasteiger partial charge in [-0.25, -0.2) is 4.98 Å². The number of nitrogens with zero attached hydrogens (tertiary/aromatic N) is 2. The Morgan fingerprint density at radius 3 is 2.38 bits per heavy atom. The van der Waals surface area contributed by atoms with Crippen molar-refractivity contribution in [3.8, 4) is 11.5 Å². The number of amides is 1. The van der Waals surface area contributed by atoms with E-state index in [0.717, 1.165) is 16.8 Å². The van der Waals surface area contributed by atoms with Crippen molar-refractivity contribution in [2.24, 2.45) is 0 Å². The van der Waals surface area contributed by atoms with Crippen LogP contribution in [-0.4, -0.2) is 37.1 Å². The number of pyridine rings is 1. The van der Waals surface area contributed by atoms with E-state index in [1.807, 2.05) is 54.6 Å². The molecule has 0 unspecified atom stereocenters. The van der Waals surface area contributed by atoms with E-state index >= 15 is 0 Å². The van der Waals surface area contributed by atoms with Crippen molar-refractivity contribution in [1.82, 2.24) is 9.88 Å². The second kappa shape index (κ2) is 9.59. The molecule has 2 aromatic carbocycles. The van der Waals surface area contributed by atoms with Crippen LogP contribution in [0.25, 0.3) is 0 Å². The third-order valence-electron chi connectivity index (χ3n) is 4.54. The number of carbonyl (C=O) groups is 1. The number of aromatic nitrogens is 1. The minimum absolute atomic E-state index is 0.111. The molecule has 0 saturated carbocycles. The van der Waals surface area contributed by atoms with Crippen molar-refractivity contribution in [2.45, 2.75) is 13.1 Å². The average molecular weight is 391 g/mol. The normalized spacial score (nSPS) is 10.3. The van der Waals surface area contributed by atoms with Crippen LogP contribution in [0.2, 0.25) is 0 Å². The Labute approximate surface area is 171 Å². The zero-order chi connectivity index (χ0) is 20.6. The van der Waals surface area contributed by atoms with Crippen LogP contribution in [0.3, 0.4) is 0 Å². The summed E-state index contributed by atoms with van der Waals surface area (Å²) in [7, 11) is 5.01. The Morgan fingerprint density at radius 1 is 0.966 bits per heavy atom. The highest BCUT2D eigenvalue weighted by molar-refractivity contribution is 5.92. The standard InChI is InChI=1S/C23H25N3O3/c1-26(16-17-7-5-4-6-8-17)23(27)20-11-10-19(15-25-20)24-14-18-9-12-21(28-2)22(13-18)29-3/h4-13,15,24H,14,16H2,1-3H3. The van der Waals surface area contributed by atoms with Gasteiger partial charge in [0.1, 0.15) is 5.69 Å². The fourth-order valence-corrected chi connectivity index (χ4v) is 2.94. The molecule has 1 amide bonds. The molecule has 1 aromatic heterocycles. The van der Waals surface area contributed by atoms with Crippen molar-refractivity contribution in [1.29, 1.82) is 0 Å². The topological polar surface area (TPSA) is 63.7 Å². The molecule has 0 bridgehead atoms. The number of benzene rings is 2. The minimum Gasteiger partial charge on any atom is -0.493 e. The van der Waals surface area contributed by atoms with Crippen LogP contribution in [0, 0.1) is 0 Å². The molecule has 150 valence electrons. The van der Waals surface area contributed by atoms with Gasteiger partial charge < -0.3 is 19.7 Å². The van der Waals surface area contributed by atoms with Gasteiger partial charge in [0.2, 0.25) is 0 Å². The number of hydrogen-bond donors (Lipinski definition) is 1. The molecule has 0 radical (unpaired) electrons. The molecule has 0 aliphatic rings. The van der Waals surface area contributed by atoms with Gasteiger partial charge in [-0.3, -0.25) is 4.79 Å². The molecule has 0 spiro atoms. The maximum absolute atomic E-state index is 12.6. The monoisotopic (exact) mass is 391 g/mol. The highest BCUT2D eigenvalue weighted by Gasteiger charge is 2.13. The molecule has 29 heavy (non-hydrogen) atoms. The van der Waals surface area contributed by atoms with Gasteiger partial charge in [-0.05, 0) is 35.4 Å². The van der Waals surface area contributed by atoms with E-state index < -0.39 is 0 Å². The van der Waals surface area contributed by atoms with Crippen LogP contribution >= 0.6 is 0 Å². The van der Waals surface area contributed by atoms with Crippen molar-refractivity contribution >= 4 is 11.6 Å². The number of rotatable bonds is 8. The summed E-state index contributed by atoms with van der Waals surface area (Å²) >= 11 is 0. The smallest absolute Gasteiger partial charge is 0.272 e. The minimum atomic E-state index is -0.111. The predicted octanol–water partition coefficient (Wildman–Crippen LogP) is 3.98. The number of nitrogens with one attached hydrogen (secondary N) is 1. The van der Waals surface area contributed by atoms with Gasteiger partial charge >= 0.3 is 0 Å². The second-order valence-corrected chi connectivity index (χ2v) is 6.62. The van der Waals surface area contributed by atoms with Gasteiger partial charge in [0.25, 0.3) is 5.91 Å². The Kier molecular flexibility index (Phi) is 6.68. The van der Waals surface area contributed by atoms with Crippen LogP contribution in [0.5, 0.6) is 11.5 Å². The number of carbonyl (C=O) groups excluding carboxylic acids is 1. The van der Waals surface area contributed by atoms with Gasteiger partial charge in [-0.1, -0.05) is 36.4 Å². The summed E-state index contributed by atoms with van der Waals surface area (Å²) in [6, 6.07) is 19.2. The molecule has 6 nitrogen and oxygen atoms in total. The second-order valence-electron chi connectivity index (χ2n) is 6.62. The van der Waals surface area contributed by atoms with Crippen molar-refractivity contribution in [2.75, 3.05) is 26.6 Å². The summed E-state index contributed by atoms with van der Waals surface area (Å²) in [5, 5.41) is 3.30. The lowest BCUT2D eigenvalue weighted by Gasteiger charge is -2.17. The molecule has 0 saturated heterocycles. The number of hydrogen-bond acceptors (Lipinski definition) is 5. The van der Waals surface area contributed by atoms with Crippen LogP contribution in [0.4, 0.5) is 5.69 Å². The molecule has 1 heterocycles. The van der Waals surface area contributed by atoms with Crippen LogP contribution in [0.15, 0.2) is 66.9 Å². The molecule has 0 atom stereocenters. The summed E-state index contributed by atoms with van der Waals surface area (Å²) in [4.78, 5) is 18.6. The first-order valence-corrected chi connectivity index (χ1v) is 9.31. The first kappa shape index (κ1) is 20.2. The Balaban J connectivity index is 1.59. The summed E-state index contributed by atoms with van der Waals surface area (Å²) in [6.45, 7) is 1.14. The number of ether oxygens (including phenoxy) is 2. The molecule has 1 N–H and O–H groups in total. The van der Waals surface area contributed by atoms with Gasteiger partial charge in [0.15, 0.2) is 11.5 Å². The highest BCUT2D eigenvalue weighted by atomic mass is 16.5. The Bertz CT molecular complexity index is 943. The van der Waals surface area contributed by atoms with Crippen molar-refractivity contribution < 1.29 is 14.3 Å². The molecular weight excluding hydrogens is 366 g/mol. The quantitative estimate of drug-likeness (QED) is 0.629. The molecule has 3 aromatic rings. The van der Waals surface area contributed by atoms with Gasteiger partial charge in [0, 0.05) is 20.1 Å². The summed E-state index contributed by atoms with van der Waals surface area (Å²) in [6.07, 6.45) is 1.67. The zero-order valence-electron chi connectivity index (χ0n) is 16.9. The SMILES string of the molecule is COc1ccc(CNc2ccc(C(=O)N(C)Cc3ccccc3)nc2)cc1OC. The fourth-order valence-electron chi connectivity index (χ4n) is 2.94. The lowest BCUT2D eigenvalue weighted by molar-refractivity contribution is 0.0779. The average Bonchev–Trinajstić information content (AvgIpc) is 2.78. The van der Waals surface area contributed by atoms with Crippen molar-refractivity contribution in [3.05, 3.63) is 83.7 Å². The van der Waals surface area contributed by atoms with Gasteiger partial charge in [0.05, 0.1) is 26.1 Å². The van der Waals surface area contributed by atoms with Gasteiger partial charge in [-0.15, -0.1) is 0 Å². The van der Waals surface area contributed by atoms with E-state index in [2.05, 4.69) is 10.3 Å². The van der Waals surface area contributed by atoms with E-state index in [1.165, 1.54) is 0 Å². The predicted molar refractivity (Wildman–Crippen MR) is 113 cm³/mol. The summed E-state index contributed by atoms with van der Waals surface area (Å²) in [5.41, 5.74) is 3.38. The number of methoxy groups -OCH3 is 2. The molecule has 0 fully saturated rings. The molecule has 0 aliphatic heterocycles. The maximum Gasteiger partial charge on any atom is 0.272 e. The van der Waals surface area contributed by atoms with E-state index in [-0.39, 0.29) is 5.91 Å².